The van der Waals surface area contributed by atoms with Gasteiger partial charge in [0.15, 0.2) is 0 Å². The highest BCUT2D eigenvalue weighted by Gasteiger charge is 2.27. The summed E-state index contributed by atoms with van der Waals surface area (Å²) in [6.45, 7) is 2.07. The van der Waals surface area contributed by atoms with Crippen LogP contribution < -0.4 is 0 Å². The fourth-order valence-electron chi connectivity index (χ4n) is 2.57. The molecule has 0 unspecified atom stereocenters. The normalized spacial score (nSPS) is 15.0. The first-order chi connectivity index (χ1) is 9.15. The molecule has 1 fully saturated rings. The average molecular weight is 258 g/mol. The molecule has 1 N–H and O–H groups in total. The number of aliphatic carboxylic acids is 1. The molecule has 19 heavy (non-hydrogen) atoms. The fraction of sp³-hybridized carbons (Fsp3) is 0.467. The standard InChI is InChI=1S/C15H18N2O2/c1-10-5-8-13-12(9-10)16-14(3-2-4-15(18)19)17(13)11-6-7-11/h5,8-9,11H,2-4,6-7H2,1H3,(H,18,19). The van der Waals surface area contributed by atoms with Crippen molar-refractivity contribution in [3.8, 4) is 0 Å². The molecule has 4 nitrogen and oxygen atoms in total. The topological polar surface area (TPSA) is 55.1 Å². The summed E-state index contributed by atoms with van der Waals surface area (Å²) in [7, 11) is 0. The molecular formula is C15H18N2O2. The Balaban J connectivity index is 1.93. The summed E-state index contributed by atoms with van der Waals surface area (Å²) in [6.07, 6.45) is 4.05. The second-order valence-electron chi connectivity index (χ2n) is 5.37. The molecular weight excluding hydrogens is 240 g/mol. The van der Waals surface area contributed by atoms with Crippen LogP contribution in [-0.2, 0) is 11.2 Å². The van der Waals surface area contributed by atoms with Crippen LogP contribution in [0.4, 0.5) is 0 Å². The minimum absolute atomic E-state index is 0.215. The lowest BCUT2D eigenvalue weighted by atomic mass is 10.2. The molecule has 1 saturated carbocycles. The predicted octanol–water partition coefficient (Wildman–Crippen LogP) is 3.09. The van der Waals surface area contributed by atoms with Gasteiger partial charge < -0.3 is 9.67 Å². The summed E-state index contributed by atoms with van der Waals surface area (Å²) >= 11 is 0. The maximum atomic E-state index is 10.6. The first-order valence-corrected chi connectivity index (χ1v) is 6.84. The number of nitrogens with zero attached hydrogens (tertiary/aromatic N) is 2. The molecule has 3 rings (SSSR count). The maximum absolute atomic E-state index is 10.6. The third-order valence-corrected chi connectivity index (χ3v) is 3.62. The Morgan fingerprint density at radius 3 is 2.95 bits per heavy atom. The van der Waals surface area contributed by atoms with Crippen molar-refractivity contribution < 1.29 is 9.90 Å². The van der Waals surface area contributed by atoms with Gasteiger partial charge in [-0.1, -0.05) is 6.07 Å². The lowest BCUT2D eigenvalue weighted by Crippen LogP contribution is -2.03. The van der Waals surface area contributed by atoms with E-state index in [-0.39, 0.29) is 6.42 Å². The summed E-state index contributed by atoms with van der Waals surface area (Å²) in [4.78, 5) is 15.3. The molecule has 1 aromatic heterocycles. The first-order valence-electron chi connectivity index (χ1n) is 6.84. The number of benzene rings is 1. The van der Waals surface area contributed by atoms with Crippen LogP contribution in [0.1, 0.15) is 43.1 Å². The van der Waals surface area contributed by atoms with Gasteiger partial charge in [-0.15, -0.1) is 0 Å². The second kappa shape index (κ2) is 4.68. The second-order valence-corrected chi connectivity index (χ2v) is 5.37. The van der Waals surface area contributed by atoms with Gasteiger partial charge in [0.1, 0.15) is 5.82 Å². The Morgan fingerprint density at radius 1 is 1.47 bits per heavy atom. The smallest absolute Gasteiger partial charge is 0.303 e. The SMILES string of the molecule is Cc1ccc2c(c1)nc(CCCC(=O)O)n2C1CC1. The van der Waals surface area contributed by atoms with Crippen molar-refractivity contribution in [1.29, 1.82) is 0 Å². The minimum atomic E-state index is -0.732. The van der Waals surface area contributed by atoms with E-state index in [0.29, 0.717) is 12.5 Å². The number of aryl methyl sites for hydroxylation is 2. The number of hydrogen-bond acceptors (Lipinski definition) is 2. The highest BCUT2D eigenvalue weighted by Crippen LogP contribution is 2.39. The molecule has 0 aliphatic heterocycles. The minimum Gasteiger partial charge on any atom is -0.481 e. The molecule has 0 saturated heterocycles. The number of carbonyl (C=O) groups is 1. The van der Waals surface area contributed by atoms with Crippen LogP contribution in [0.3, 0.4) is 0 Å². The third-order valence-electron chi connectivity index (χ3n) is 3.62. The Kier molecular flexibility index (Phi) is 3.01. The number of aromatic nitrogens is 2. The summed E-state index contributed by atoms with van der Waals surface area (Å²) in [5.41, 5.74) is 3.45. The number of carboxylic acid groups (broad SMARTS) is 1. The molecule has 0 atom stereocenters. The van der Waals surface area contributed by atoms with Crippen LogP contribution in [0.25, 0.3) is 11.0 Å². The van der Waals surface area contributed by atoms with E-state index >= 15 is 0 Å². The van der Waals surface area contributed by atoms with Crippen molar-refractivity contribution >= 4 is 17.0 Å². The van der Waals surface area contributed by atoms with E-state index in [9.17, 15) is 4.79 Å². The highest BCUT2D eigenvalue weighted by molar-refractivity contribution is 5.77. The zero-order valence-corrected chi connectivity index (χ0v) is 11.1. The molecule has 4 heteroatoms. The van der Waals surface area contributed by atoms with Gasteiger partial charge in [-0.05, 0) is 43.9 Å². The Morgan fingerprint density at radius 2 is 2.26 bits per heavy atom. The van der Waals surface area contributed by atoms with Crippen molar-refractivity contribution in [3.05, 3.63) is 29.6 Å². The van der Waals surface area contributed by atoms with E-state index in [0.717, 1.165) is 17.8 Å². The lowest BCUT2D eigenvalue weighted by molar-refractivity contribution is -0.137. The van der Waals surface area contributed by atoms with Crippen LogP contribution in [0, 0.1) is 6.92 Å². The van der Waals surface area contributed by atoms with Gasteiger partial charge in [-0.2, -0.15) is 0 Å². The largest absolute Gasteiger partial charge is 0.481 e. The van der Waals surface area contributed by atoms with E-state index in [4.69, 9.17) is 10.1 Å². The van der Waals surface area contributed by atoms with E-state index in [1.54, 1.807) is 0 Å². The van der Waals surface area contributed by atoms with Gasteiger partial charge in [0.05, 0.1) is 11.0 Å². The Labute approximate surface area is 112 Å². The summed E-state index contributed by atoms with van der Waals surface area (Å²) in [6, 6.07) is 6.93. The molecule has 1 aliphatic carbocycles. The molecule has 1 aromatic carbocycles. The Bertz CT molecular complexity index is 626. The highest BCUT2D eigenvalue weighted by atomic mass is 16.4. The maximum Gasteiger partial charge on any atom is 0.303 e. The van der Waals surface area contributed by atoms with Crippen LogP contribution in [0.2, 0.25) is 0 Å². The quantitative estimate of drug-likeness (QED) is 0.896. The number of hydrogen-bond donors (Lipinski definition) is 1. The monoisotopic (exact) mass is 258 g/mol. The van der Waals surface area contributed by atoms with Crippen molar-refractivity contribution in [1.82, 2.24) is 9.55 Å². The summed E-state index contributed by atoms with van der Waals surface area (Å²) in [5, 5.41) is 8.73. The van der Waals surface area contributed by atoms with Gasteiger partial charge in [0.2, 0.25) is 0 Å². The molecule has 2 aromatic rings. The van der Waals surface area contributed by atoms with E-state index in [2.05, 4.69) is 29.7 Å². The number of carboxylic acids is 1. The van der Waals surface area contributed by atoms with Crippen molar-refractivity contribution in [3.63, 3.8) is 0 Å². The van der Waals surface area contributed by atoms with Crippen LogP contribution in [0.15, 0.2) is 18.2 Å². The first kappa shape index (κ1) is 12.2. The predicted molar refractivity (Wildman–Crippen MR) is 73.3 cm³/mol. The zero-order valence-electron chi connectivity index (χ0n) is 11.1. The van der Waals surface area contributed by atoms with Crippen molar-refractivity contribution in [2.75, 3.05) is 0 Å². The molecule has 0 bridgehead atoms. The molecule has 1 heterocycles. The lowest BCUT2D eigenvalue weighted by Gasteiger charge is -2.06. The van der Waals surface area contributed by atoms with E-state index in [1.165, 1.54) is 23.9 Å². The van der Waals surface area contributed by atoms with Crippen molar-refractivity contribution in [2.24, 2.45) is 0 Å². The molecule has 0 radical (unpaired) electrons. The van der Waals surface area contributed by atoms with Crippen molar-refractivity contribution in [2.45, 2.75) is 45.1 Å². The van der Waals surface area contributed by atoms with Gasteiger partial charge in [0, 0.05) is 18.9 Å². The molecule has 1 aliphatic rings. The number of fused-ring (bicyclic) bond motifs is 1. The summed E-state index contributed by atoms with van der Waals surface area (Å²) in [5.74, 6) is 0.314. The van der Waals surface area contributed by atoms with Crippen LogP contribution >= 0.6 is 0 Å². The fourth-order valence-corrected chi connectivity index (χ4v) is 2.57. The number of imidazole rings is 1. The van der Waals surface area contributed by atoms with Crippen LogP contribution in [0.5, 0.6) is 0 Å². The third kappa shape index (κ3) is 2.48. The van der Waals surface area contributed by atoms with Gasteiger partial charge in [-0.25, -0.2) is 4.98 Å². The number of rotatable bonds is 5. The van der Waals surface area contributed by atoms with Gasteiger partial charge >= 0.3 is 5.97 Å². The van der Waals surface area contributed by atoms with Gasteiger partial charge in [-0.3, -0.25) is 4.79 Å². The van der Waals surface area contributed by atoms with Gasteiger partial charge in [0.25, 0.3) is 0 Å². The Hall–Kier alpha value is -1.84. The molecule has 0 spiro atoms. The summed E-state index contributed by atoms with van der Waals surface area (Å²) < 4.78 is 2.32. The zero-order chi connectivity index (χ0) is 13.4. The van der Waals surface area contributed by atoms with Crippen LogP contribution in [-0.4, -0.2) is 20.6 Å². The average Bonchev–Trinajstić information content (AvgIpc) is 3.11. The molecule has 100 valence electrons. The molecule has 0 amide bonds. The van der Waals surface area contributed by atoms with E-state index < -0.39 is 5.97 Å². The van der Waals surface area contributed by atoms with E-state index in [1.807, 2.05) is 0 Å².